The molecule has 0 saturated carbocycles. The average molecular weight is 378 g/mol. The van der Waals surface area contributed by atoms with Crippen LogP contribution in [0.25, 0.3) is 0 Å². The van der Waals surface area contributed by atoms with Crippen LogP contribution >= 0.6 is 0 Å². The number of benzene rings is 2. The molecule has 0 aromatic heterocycles. The Bertz CT molecular complexity index is 700. The largest absolute Gasteiger partial charge is 0.489 e. The molecule has 2 aromatic carbocycles. The molecule has 0 spiro atoms. The maximum absolute atomic E-state index is 12.8. The lowest BCUT2D eigenvalue weighted by Gasteiger charge is -2.35. The smallest absolute Gasteiger partial charge is 0.389 e. The zero-order valence-corrected chi connectivity index (χ0v) is 15.2. The number of piperazine rings is 1. The molecule has 1 N–H and O–H groups in total. The first-order valence-electron chi connectivity index (χ1n) is 9.29. The summed E-state index contributed by atoms with van der Waals surface area (Å²) in [5, 5.41) is 3.25. The van der Waals surface area contributed by atoms with Crippen molar-refractivity contribution in [2.24, 2.45) is 0 Å². The molecule has 0 amide bonds. The molecule has 146 valence electrons. The summed E-state index contributed by atoms with van der Waals surface area (Å²) in [7, 11) is 0. The first-order chi connectivity index (χ1) is 13.0. The molecule has 0 bridgehead atoms. The van der Waals surface area contributed by atoms with Gasteiger partial charge in [0, 0.05) is 38.6 Å². The average Bonchev–Trinajstić information content (AvgIpc) is 2.68. The Morgan fingerprint density at radius 2 is 1.74 bits per heavy atom. The highest BCUT2D eigenvalue weighted by Crippen LogP contribution is 2.33. The second-order valence-electron chi connectivity index (χ2n) is 6.80. The molecule has 0 radical (unpaired) electrons. The monoisotopic (exact) mass is 378 g/mol. The number of nitrogens with zero attached hydrogens (tertiary/aromatic N) is 1. The third-order valence-electron chi connectivity index (χ3n) is 4.78. The Kier molecular flexibility index (Phi) is 6.74. The van der Waals surface area contributed by atoms with Gasteiger partial charge in [-0.2, -0.15) is 13.2 Å². The molecule has 1 heterocycles. The minimum Gasteiger partial charge on any atom is -0.489 e. The van der Waals surface area contributed by atoms with E-state index in [0.717, 1.165) is 37.3 Å². The summed E-state index contributed by atoms with van der Waals surface area (Å²) in [6.45, 7) is 3.53. The lowest BCUT2D eigenvalue weighted by Crippen LogP contribution is -2.45. The normalized spacial score (nSPS) is 16.9. The molecular formula is C21H25F3N2O. The molecule has 1 atom stereocenters. The van der Waals surface area contributed by atoms with Crippen molar-refractivity contribution in [1.29, 1.82) is 0 Å². The molecular weight excluding hydrogens is 353 g/mol. The van der Waals surface area contributed by atoms with Crippen molar-refractivity contribution < 1.29 is 17.9 Å². The van der Waals surface area contributed by atoms with Gasteiger partial charge in [-0.05, 0) is 29.7 Å². The van der Waals surface area contributed by atoms with Crippen LogP contribution in [0.5, 0.6) is 5.75 Å². The number of hydrogen-bond acceptors (Lipinski definition) is 3. The van der Waals surface area contributed by atoms with Gasteiger partial charge in [0.15, 0.2) is 0 Å². The predicted molar refractivity (Wildman–Crippen MR) is 99.7 cm³/mol. The van der Waals surface area contributed by atoms with Crippen molar-refractivity contribution in [3.05, 3.63) is 65.7 Å². The van der Waals surface area contributed by atoms with Gasteiger partial charge >= 0.3 is 6.18 Å². The van der Waals surface area contributed by atoms with Gasteiger partial charge in [-0.3, -0.25) is 4.90 Å². The van der Waals surface area contributed by atoms with Gasteiger partial charge in [0.25, 0.3) is 0 Å². The maximum atomic E-state index is 12.8. The van der Waals surface area contributed by atoms with Gasteiger partial charge in [0.2, 0.25) is 0 Å². The van der Waals surface area contributed by atoms with E-state index in [2.05, 4.69) is 10.2 Å². The molecule has 0 aliphatic carbocycles. The van der Waals surface area contributed by atoms with Crippen LogP contribution in [0.1, 0.15) is 30.0 Å². The number of ether oxygens (including phenoxy) is 1. The fraction of sp³-hybridized carbons (Fsp3) is 0.429. The Morgan fingerprint density at radius 1 is 1.00 bits per heavy atom. The van der Waals surface area contributed by atoms with Crippen molar-refractivity contribution in [2.45, 2.75) is 31.7 Å². The fourth-order valence-electron chi connectivity index (χ4n) is 3.41. The number of nitrogens with one attached hydrogen (secondary N) is 1. The van der Waals surface area contributed by atoms with E-state index in [1.165, 1.54) is 0 Å². The highest BCUT2D eigenvalue weighted by Gasteiger charge is 2.31. The quantitative estimate of drug-likeness (QED) is 0.765. The van der Waals surface area contributed by atoms with Gasteiger partial charge in [-0.25, -0.2) is 0 Å². The molecule has 0 unspecified atom stereocenters. The van der Waals surface area contributed by atoms with Crippen molar-refractivity contribution in [2.75, 3.05) is 26.2 Å². The summed E-state index contributed by atoms with van der Waals surface area (Å²) in [6.07, 6.45) is -4.87. The minimum absolute atomic E-state index is 0.0611. The minimum atomic E-state index is -4.15. The SMILES string of the molecule is FC(F)(F)CC[C@@H](c1cccc(OCc2ccccc2)c1)N1CCNCC1. The fourth-order valence-corrected chi connectivity index (χ4v) is 3.41. The summed E-state index contributed by atoms with van der Waals surface area (Å²) in [5.41, 5.74) is 1.94. The Labute approximate surface area is 158 Å². The highest BCUT2D eigenvalue weighted by molar-refractivity contribution is 5.31. The van der Waals surface area contributed by atoms with Crippen molar-refractivity contribution in [1.82, 2.24) is 10.2 Å². The lowest BCUT2D eigenvalue weighted by atomic mass is 9.99. The third kappa shape index (κ3) is 6.26. The van der Waals surface area contributed by atoms with E-state index in [1.807, 2.05) is 54.6 Å². The molecule has 1 saturated heterocycles. The van der Waals surface area contributed by atoms with Crippen LogP contribution in [0, 0.1) is 0 Å². The van der Waals surface area contributed by atoms with Gasteiger partial charge < -0.3 is 10.1 Å². The molecule has 6 heteroatoms. The van der Waals surface area contributed by atoms with Crippen LogP contribution in [0.15, 0.2) is 54.6 Å². The number of halogens is 3. The van der Waals surface area contributed by atoms with Crippen molar-refractivity contribution in [3.8, 4) is 5.75 Å². The Balaban J connectivity index is 1.72. The number of hydrogen-bond donors (Lipinski definition) is 1. The second kappa shape index (κ2) is 9.24. The zero-order chi connectivity index (χ0) is 19.1. The lowest BCUT2D eigenvalue weighted by molar-refractivity contribution is -0.138. The standard InChI is InChI=1S/C21H25F3N2O/c22-21(23,24)10-9-20(26-13-11-25-12-14-26)18-7-4-8-19(15-18)27-16-17-5-2-1-3-6-17/h1-8,15,20,25H,9-14,16H2/t20-/m0/s1. The van der Waals surface area contributed by atoms with Crippen LogP contribution in [0.2, 0.25) is 0 Å². The topological polar surface area (TPSA) is 24.5 Å². The van der Waals surface area contributed by atoms with Crippen LogP contribution in [0.4, 0.5) is 13.2 Å². The van der Waals surface area contributed by atoms with E-state index in [4.69, 9.17) is 4.74 Å². The Hall–Kier alpha value is -2.05. The van der Waals surface area contributed by atoms with E-state index in [0.29, 0.717) is 12.4 Å². The summed E-state index contributed by atoms with van der Waals surface area (Å²) in [5.74, 6) is 0.684. The highest BCUT2D eigenvalue weighted by atomic mass is 19.4. The summed E-state index contributed by atoms with van der Waals surface area (Å²) in [6, 6.07) is 17.1. The molecule has 27 heavy (non-hydrogen) atoms. The van der Waals surface area contributed by atoms with Crippen LogP contribution in [-0.2, 0) is 6.61 Å². The third-order valence-corrected chi connectivity index (χ3v) is 4.78. The molecule has 3 rings (SSSR count). The van der Waals surface area contributed by atoms with Crippen molar-refractivity contribution >= 4 is 0 Å². The van der Waals surface area contributed by atoms with E-state index >= 15 is 0 Å². The number of rotatable bonds is 7. The van der Waals surface area contributed by atoms with Gasteiger partial charge in [0.05, 0.1) is 0 Å². The summed E-state index contributed by atoms with van der Waals surface area (Å²) in [4.78, 5) is 2.14. The Morgan fingerprint density at radius 3 is 2.44 bits per heavy atom. The van der Waals surface area contributed by atoms with E-state index in [1.54, 1.807) is 0 Å². The van der Waals surface area contributed by atoms with E-state index in [9.17, 15) is 13.2 Å². The second-order valence-corrected chi connectivity index (χ2v) is 6.80. The first kappa shape index (κ1) is 19.7. The first-order valence-corrected chi connectivity index (χ1v) is 9.29. The van der Waals surface area contributed by atoms with Crippen LogP contribution in [-0.4, -0.2) is 37.3 Å². The molecule has 1 fully saturated rings. The predicted octanol–water partition coefficient (Wildman–Crippen LogP) is 4.55. The van der Waals surface area contributed by atoms with Gasteiger partial charge in [0.1, 0.15) is 12.4 Å². The summed E-state index contributed by atoms with van der Waals surface area (Å²) >= 11 is 0. The molecule has 1 aliphatic rings. The molecule has 2 aromatic rings. The maximum Gasteiger partial charge on any atom is 0.389 e. The molecule has 1 aliphatic heterocycles. The van der Waals surface area contributed by atoms with E-state index in [-0.39, 0.29) is 12.5 Å². The van der Waals surface area contributed by atoms with E-state index < -0.39 is 12.6 Å². The van der Waals surface area contributed by atoms with Gasteiger partial charge in [-0.15, -0.1) is 0 Å². The van der Waals surface area contributed by atoms with Crippen LogP contribution in [0.3, 0.4) is 0 Å². The molecule has 3 nitrogen and oxygen atoms in total. The van der Waals surface area contributed by atoms with Crippen molar-refractivity contribution in [3.63, 3.8) is 0 Å². The summed E-state index contributed by atoms with van der Waals surface area (Å²) < 4.78 is 44.4. The number of alkyl halides is 3. The van der Waals surface area contributed by atoms with Gasteiger partial charge in [-0.1, -0.05) is 42.5 Å². The van der Waals surface area contributed by atoms with Crippen LogP contribution < -0.4 is 10.1 Å². The zero-order valence-electron chi connectivity index (χ0n) is 15.2.